The van der Waals surface area contributed by atoms with Gasteiger partial charge in [-0.25, -0.2) is 5.01 Å². The second-order valence-electron chi connectivity index (χ2n) is 4.88. The molecule has 0 aromatic carbocycles. The lowest BCUT2D eigenvalue weighted by molar-refractivity contribution is -0.144. The van der Waals surface area contributed by atoms with E-state index in [-0.39, 0.29) is 0 Å². The van der Waals surface area contributed by atoms with Crippen LogP contribution >= 0.6 is 0 Å². The highest BCUT2D eigenvalue weighted by Crippen LogP contribution is 2.33. The summed E-state index contributed by atoms with van der Waals surface area (Å²) >= 11 is 0. The van der Waals surface area contributed by atoms with Crippen LogP contribution in [-0.4, -0.2) is 47.6 Å². The van der Waals surface area contributed by atoms with Gasteiger partial charge in [-0.15, -0.1) is 0 Å². The van der Waals surface area contributed by atoms with Gasteiger partial charge in [0.2, 0.25) is 5.91 Å². The van der Waals surface area contributed by atoms with E-state index in [2.05, 4.69) is 15.3 Å². The van der Waals surface area contributed by atoms with Crippen LogP contribution in [0.5, 0.6) is 0 Å². The van der Waals surface area contributed by atoms with Crippen LogP contribution in [-0.2, 0) is 4.79 Å². The molecule has 2 heterocycles. The predicted molar refractivity (Wildman–Crippen MR) is 57.1 cm³/mol. The molecule has 2 aliphatic heterocycles. The number of nitrogens with one attached hydrogen (secondary N) is 1. The van der Waals surface area contributed by atoms with Crippen LogP contribution < -0.4 is 5.32 Å². The van der Waals surface area contributed by atoms with Gasteiger partial charge in [0.25, 0.3) is 0 Å². The number of hydrazine groups is 1. The Hall–Kier alpha value is -0.610. The maximum atomic E-state index is 11.9. The summed E-state index contributed by atoms with van der Waals surface area (Å²) < 4.78 is 0. The number of carbonyl (C=O) groups excluding carboxylic acids is 1. The third-order valence-corrected chi connectivity index (χ3v) is 3.67. The highest BCUT2D eigenvalue weighted by atomic mass is 16.2. The van der Waals surface area contributed by atoms with Gasteiger partial charge in [0, 0.05) is 25.6 Å². The lowest BCUT2D eigenvalue weighted by atomic mass is 10.1. The van der Waals surface area contributed by atoms with Crippen LogP contribution in [0.2, 0.25) is 0 Å². The summed E-state index contributed by atoms with van der Waals surface area (Å²) in [6, 6.07) is 1.10. The molecule has 0 aromatic heterocycles. The number of nitrogens with zero attached hydrogens (tertiary/aromatic N) is 2. The highest BCUT2D eigenvalue weighted by Gasteiger charge is 2.42. The molecule has 3 rings (SSSR count). The molecular formula is C11H19N3O. The molecule has 0 aromatic rings. The van der Waals surface area contributed by atoms with Crippen molar-refractivity contribution in [2.24, 2.45) is 0 Å². The standard InChI is InChI=1S/C11H19N3O/c15-11-5-7-13(9-3-4-9)14(11)10-2-1-6-12-8-10/h9-10,12H,1-8H2. The fourth-order valence-electron chi connectivity index (χ4n) is 2.76. The first-order valence-electron chi connectivity index (χ1n) is 6.15. The van der Waals surface area contributed by atoms with E-state index in [0.717, 1.165) is 26.1 Å². The van der Waals surface area contributed by atoms with Crippen LogP contribution in [0.1, 0.15) is 32.1 Å². The van der Waals surface area contributed by atoms with E-state index in [0.29, 0.717) is 18.0 Å². The number of piperidine rings is 1. The third kappa shape index (κ3) is 1.76. The average Bonchev–Trinajstić information content (AvgIpc) is 3.04. The van der Waals surface area contributed by atoms with E-state index in [1.165, 1.54) is 25.7 Å². The first-order valence-corrected chi connectivity index (χ1v) is 6.15. The first-order chi connectivity index (χ1) is 7.36. The molecule has 3 aliphatic rings. The summed E-state index contributed by atoms with van der Waals surface area (Å²) in [5, 5.41) is 7.80. The van der Waals surface area contributed by atoms with Gasteiger partial charge in [-0.1, -0.05) is 0 Å². The molecule has 0 radical (unpaired) electrons. The average molecular weight is 209 g/mol. The van der Waals surface area contributed by atoms with Gasteiger partial charge < -0.3 is 5.32 Å². The number of hydrogen-bond donors (Lipinski definition) is 1. The van der Waals surface area contributed by atoms with Gasteiger partial charge in [0.1, 0.15) is 0 Å². The molecule has 4 nitrogen and oxygen atoms in total. The number of carbonyl (C=O) groups is 1. The monoisotopic (exact) mass is 209 g/mol. The van der Waals surface area contributed by atoms with Crippen molar-refractivity contribution in [2.75, 3.05) is 19.6 Å². The molecule has 0 spiro atoms. The normalized spacial score (nSPS) is 33.7. The summed E-state index contributed by atoms with van der Waals surface area (Å²) in [4.78, 5) is 11.9. The summed E-state index contributed by atoms with van der Waals surface area (Å²) in [5.74, 6) is 0.343. The van der Waals surface area contributed by atoms with Crippen molar-refractivity contribution in [2.45, 2.75) is 44.2 Å². The molecule has 4 heteroatoms. The van der Waals surface area contributed by atoms with Gasteiger partial charge in [-0.05, 0) is 32.2 Å². The minimum absolute atomic E-state index is 0.343. The Morgan fingerprint density at radius 2 is 2.07 bits per heavy atom. The summed E-state index contributed by atoms with van der Waals surface area (Å²) in [5.41, 5.74) is 0. The van der Waals surface area contributed by atoms with Gasteiger partial charge in [0.05, 0.1) is 6.04 Å². The SMILES string of the molecule is O=C1CCN(C2CC2)N1C1CCCNC1. The molecular weight excluding hydrogens is 190 g/mol. The maximum Gasteiger partial charge on any atom is 0.238 e. The second-order valence-corrected chi connectivity index (χ2v) is 4.88. The zero-order valence-electron chi connectivity index (χ0n) is 9.11. The Bertz CT molecular complexity index is 259. The van der Waals surface area contributed by atoms with Crippen LogP contribution in [0.15, 0.2) is 0 Å². The molecule has 15 heavy (non-hydrogen) atoms. The smallest absolute Gasteiger partial charge is 0.238 e. The van der Waals surface area contributed by atoms with Crippen molar-refractivity contribution in [1.29, 1.82) is 0 Å². The zero-order valence-corrected chi connectivity index (χ0v) is 9.11. The van der Waals surface area contributed by atoms with E-state index in [9.17, 15) is 4.79 Å². The molecule has 1 atom stereocenters. The van der Waals surface area contributed by atoms with Crippen molar-refractivity contribution in [3.05, 3.63) is 0 Å². The first kappa shape index (κ1) is 9.60. The number of amides is 1. The molecule has 1 aliphatic carbocycles. The van der Waals surface area contributed by atoms with Crippen LogP contribution in [0, 0.1) is 0 Å². The molecule has 1 N–H and O–H groups in total. The largest absolute Gasteiger partial charge is 0.315 e. The fourth-order valence-corrected chi connectivity index (χ4v) is 2.76. The van der Waals surface area contributed by atoms with Crippen molar-refractivity contribution in [3.63, 3.8) is 0 Å². The van der Waals surface area contributed by atoms with Crippen molar-refractivity contribution >= 4 is 5.91 Å². The van der Waals surface area contributed by atoms with E-state index in [4.69, 9.17) is 0 Å². The van der Waals surface area contributed by atoms with Crippen LogP contribution in [0.4, 0.5) is 0 Å². The van der Waals surface area contributed by atoms with Gasteiger partial charge >= 0.3 is 0 Å². The van der Waals surface area contributed by atoms with Gasteiger partial charge in [0.15, 0.2) is 0 Å². The van der Waals surface area contributed by atoms with Crippen molar-refractivity contribution in [3.8, 4) is 0 Å². The molecule has 0 bridgehead atoms. The van der Waals surface area contributed by atoms with E-state index in [1.54, 1.807) is 0 Å². The molecule has 1 saturated carbocycles. The van der Waals surface area contributed by atoms with Gasteiger partial charge in [-0.3, -0.25) is 9.80 Å². The topological polar surface area (TPSA) is 35.6 Å². The van der Waals surface area contributed by atoms with Crippen molar-refractivity contribution < 1.29 is 4.79 Å². The van der Waals surface area contributed by atoms with E-state index >= 15 is 0 Å². The second kappa shape index (κ2) is 3.76. The minimum Gasteiger partial charge on any atom is -0.315 e. The third-order valence-electron chi connectivity index (χ3n) is 3.67. The molecule has 1 unspecified atom stereocenters. The van der Waals surface area contributed by atoms with Gasteiger partial charge in [-0.2, -0.15) is 0 Å². The van der Waals surface area contributed by atoms with Crippen LogP contribution in [0.3, 0.4) is 0 Å². The van der Waals surface area contributed by atoms with Crippen LogP contribution in [0.25, 0.3) is 0 Å². The predicted octanol–water partition coefficient (Wildman–Crippen LogP) is 0.350. The number of rotatable bonds is 2. The molecule has 3 fully saturated rings. The summed E-state index contributed by atoms with van der Waals surface area (Å²) in [7, 11) is 0. The Morgan fingerprint density at radius 3 is 2.73 bits per heavy atom. The van der Waals surface area contributed by atoms with E-state index < -0.39 is 0 Å². The lowest BCUT2D eigenvalue weighted by Gasteiger charge is -2.37. The summed E-state index contributed by atoms with van der Waals surface area (Å²) in [6.45, 7) is 3.05. The Morgan fingerprint density at radius 1 is 1.20 bits per heavy atom. The molecule has 84 valence electrons. The van der Waals surface area contributed by atoms with E-state index in [1.807, 2.05) is 0 Å². The van der Waals surface area contributed by atoms with Crippen molar-refractivity contribution in [1.82, 2.24) is 15.3 Å². The zero-order chi connectivity index (χ0) is 10.3. The summed E-state index contributed by atoms with van der Waals surface area (Å²) in [6.07, 6.45) is 5.66. The minimum atomic E-state index is 0.343. The Kier molecular flexibility index (Phi) is 2.41. The Labute approximate surface area is 90.6 Å². The maximum absolute atomic E-state index is 11.9. The number of hydrogen-bond acceptors (Lipinski definition) is 3. The Balaban J connectivity index is 1.72. The fraction of sp³-hybridized carbons (Fsp3) is 0.909. The molecule has 1 amide bonds. The molecule has 2 saturated heterocycles. The lowest BCUT2D eigenvalue weighted by Crippen LogP contribution is -2.53. The highest BCUT2D eigenvalue weighted by molar-refractivity contribution is 5.78. The quantitative estimate of drug-likeness (QED) is 0.713.